The van der Waals surface area contributed by atoms with Crippen LogP contribution in [-0.4, -0.2) is 44.2 Å². The third-order valence-corrected chi connectivity index (χ3v) is 5.69. The number of rotatable bonds is 9. The van der Waals surface area contributed by atoms with Gasteiger partial charge in [-0.25, -0.2) is 0 Å². The van der Waals surface area contributed by atoms with E-state index in [4.69, 9.17) is 13.9 Å². The lowest BCUT2D eigenvalue weighted by atomic mass is 10.1. The number of furan rings is 1. The fourth-order valence-corrected chi connectivity index (χ4v) is 4.16. The van der Waals surface area contributed by atoms with Crippen LogP contribution in [0.15, 0.2) is 39.4 Å². The van der Waals surface area contributed by atoms with Crippen LogP contribution in [0.1, 0.15) is 54.8 Å². The molecule has 0 bridgehead atoms. The van der Waals surface area contributed by atoms with E-state index in [1.807, 2.05) is 19.1 Å². The molecule has 158 valence electrons. The summed E-state index contributed by atoms with van der Waals surface area (Å²) in [4.78, 5) is 15.3. The molecule has 2 heterocycles. The second kappa shape index (κ2) is 10.7. The summed E-state index contributed by atoms with van der Waals surface area (Å²) >= 11 is 3.50. The molecule has 0 radical (unpaired) electrons. The van der Waals surface area contributed by atoms with Crippen molar-refractivity contribution in [3.8, 4) is 11.5 Å². The zero-order valence-electron chi connectivity index (χ0n) is 17.1. The van der Waals surface area contributed by atoms with Gasteiger partial charge in [-0.05, 0) is 72.5 Å². The molecule has 0 spiro atoms. The molecule has 1 fully saturated rings. The Morgan fingerprint density at radius 2 is 2.10 bits per heavy atom. The molecule has 1 aliphatic heterocycles. The maximum absolute atomic E-state index is 12.9. The number of carbonyl (C=O) groups excluding carboxylic acids is 1. The van der Waals surface area contributed by atoms with Gasteiger partial charge in [0.1, 0.15) is 5.76 Å². The maximum atomic E-state index is 12.9. The van der Waals surface area contributed by atoms with Gasteiger partial charge < -0.3 is 19.2 Å². The molecule has 7 heteroatoms. The lowest BCUT2D eigenvalue weighted by Crippen LogP contribution is -2.40. The normalized spacial score (nSPS) is 15.7. The molecule has 3 rings (SSSR count). The molecule has 1 aliphatic rings. The summed E-state index contributed by atoms with van der Waals surface area (Å²) in [5.41, 5.74) is 0.523. The van der Waals surface area contributed by atoms with Crippen LogP contribution in [0.5, 0.6) is 11.5 Å². The van der Waals surface area contributed by atoms with Crippen molar-refractivity contribution < 1.29 is 18.7 Å². The molecule has 6 nitrogen and oxygen atoms in total. The molecule has 2 aromatic rings. The van der Waals surface area contributed by atoms with Crippen LogP contribution in [0.4, 0.5) is 0 Å². The molecule has 29 heavy (non-hydrogen) atoms. The number of nitrogens with one attached hydrogen (secondary N) is 1. The first kappa shape index (κ1) is 21.7. The number of halogens is 1. The number of amides is 1. The Labute approximate surface area is 180 Å². The van der Waals surface area contributed by atoms with E-state index < -0.39 is 0 Å². The van der Waals surface area contributed by atoms with Gasteiger partial charge in [0.15, 0.2) is 11.5 Å². The summed E-state index contributed by atoms with van der Waals surface area (Å²) in [5, 5.41) is 3.07. The minimum absolute atomic E-state index is 0.0340. The highest BCUT2D eigenvalue weighted by Gasteiger charge is 2.25. The number of piperidine rings is 1. The lowest BCUT2D eigenvalue weighted by molar-refractivity contribution is 0.0913. The minimum Gasteiger partial charge on any atom is -0.493 e. The number of likely N-dealkylation sites (tertiary alicyclic amines) is 1. The van der Waals surface area contributed by atoms with Crippen LogP contribution < -0.4 is 14.8 Å². The maximum Gasteiger partial charge on any atom is 0.251 e. The Kier molecular flexibility index (Phi) is 8.00. The summed E-state index contributed by atoms with van der Waals surface area (Å²) in [6.45, 7) is 5.15. The van der Waals surface area contributed by atoms with E-state index in [0.717, 1.165) is 25.3 Å². The zero-order valence-corrected chi connectivity index (χ0v) is 18.7. The summed E-state index contributed by atoms with van der Waals surface area (Å²) in [7, 11) is 1.57. The topological polar surface area (TPSA) is 63.9 Å². The average molecular weight is 465 g/mol. The summed E-state index contributed by atoms with van der Waals surface area (Å²) < 4.78 is 17.5. The molecule has 1 saturated heterocycles. The van der Waals surface area contributed by atoms with Crippen LogP contribution in [0.2, 0.25) is 0 Å². The van der Waals surface area contributed by atoms with E-state index in [1.165, 1.54) is 19.3 Å². The first-order chi connectivity index (χ1) is 14.1. The van der Waals surface area contributed by atoms with Crippen molar-refractivity contribution in [3.63, 3.8) is 0 Å². The largest absolute Gasteiger partial charge is 0.493 e. The fraction of sp³-hybridized carbons (Fsp3) is 0.500. The Morgan fingerprint density at radius 3 is 2.76 bits per heavy atom. The van der Waals surface area contributed by atoms with Crippen LogP contribution in [0.25, 0.3) is 0 Å². The Morgan fingerprint density at radius 1 is 1.31 bits per heavy atom. The number of hydrogen-bond donors (Lipinski definition) is 1. The zero-order chi connectivity index (χ0) is 20.6. The highest BCUT2D eigenvalue weighted by atomic mass is 79.9. The molecule has 1 N–H and O–H groups in total. The van der Waals surface area contributed by atoms with Crippen molar-refractivity contribution in [1.82, 2.24) is 10.2 Å². The highest BCUT2D eigenvalue weighted by molar-refractivity contribution is 9.10. The van der Waals surface area contributed by atoms with Gasteiger partial charge in [-0.15, -0.1) is 0 Å². The predicted molar refractivity (Wildman–Crippen MR) is 116 cm³/mol. The molecular weight excluding hydrogens is 436 g/mol. The number of carbonyl (C=O) groups is 1. The van der Waals surface area contributed by atoms with Crippen LogP contribution in [0, 0.1) is 0 Å². The molecule has 0 aliphatic carbocycles. The Bertz CT molecular complexity index is 788. The predicted octanol–water partition coefficient (Wildman–Crippen LogP) is 4.80. The second-order valence-corrected chi connectivity index (χ2v) is 8.03. The van der Waals surface area contributed by atoms with Crippen LogP contribution in [0.3, 0.4) is 0 Å². The van der Waals surface area contributed by atoms with E-state index >= 15 is 0 Å². The summed E-state index contributed by atoms with van der Waals surface area (Å²) in [6, 6.07) is 7.39. The van der Waals surface area contributed by atoms with Gasteiger partial charge in [-0.1, -0.05) is 13.3 Å². The number of nitrogens with zero attached hydrogens (tertiary/aromatic N) is 1. The molecule has 1 amide bonds. The van der Waals surface area contributed by atoms with Gasteiger partial charge in [0.05, 0.1) is 30.5 Å². The minimum atomic E-state index is -0.153. The van der Waals surface area contributed by atoms with Gasteiger partial charge in [-0.2, -0.15) is 0 Å². The number of methoxy groups -OCH3 is 1. The summed E-state index contributed by atoms with van der Waals surface area (Å²) in [6.07, 6.45) is 6.19. The Hall–Kier alpha value is -1.99. The van der Waals surface area contributed by atoms with Crippen molar-refractivity contribution in [3.05, 3.63) is 46.3 Å². The number of ether oxygens (including phenoxy) is 2. The molecule has 1 unspecified atom stereocenters. The van der Waals surface area contributed by atoms with Crippen LogP contribution in [-0.2, 0) is 0 Å². The van der Waals surface area contributed by atoms with Gasteiger partial charge in [0, 0.05) is 12.1 Å². The van der Waals surface area contributed by atoms with Gasteiger partial charge in [-0.3, -0.25) is 9.69 Å². The smallest absolute Gasteiger partial charge is 0.251 e. The Balaban J connectivity index is 1.72. The van der Waals surface area contributed by atoms with Crippen molar-refractivity contribution >= 4 is 21.8 Å². The molecule has 1 aromatic heterocycles. The highest BCUT2D eigenvalue weighted by Crippen LogP contribution is 2.37. The third kappa shape index (κ3) is 5.54. The number of hydrogen-bond acceptors (Lipinski definition) is 5. The van der Waals surface area contributed by atoms with Gasteiger partial charge >= 0.3 is 0 Å². The van der Waals surface area contributed by atoms with Crippen molar-refractivity contribution in [2.75, 3.05) is 33.4 Å². The van der Waals surface area contributed by atoms with Gasteiger partial charge in [0.2, 0.25) is 0 Å². The second-order valence-electron chi connectivity index (χ2n) is 7.18. The van der Waals surface area contributed by atoms with E-state index in [-0.39, 0.29) is 11.9 Å². The molecule has 1 aromatic carbocycles. The quantitative estimate of drug-likeness (QED) is 0.577. The first-order valence-corrected chi connectivity index (χ1v) is 11.0. The van der Waals surface area contributed by atoms with E-state index in [9.17, 15) is 4.79 Å². The van der Waals surface area contributed by atoms with Crippen molar-refractivity contribution in [2.45, 2.75) is 38.6 Å². The number of benzene rings is 1. The first-order valence-electron chi connectivity index (χ1n) is 10.2. The van der Waals surface area contributed by atoms with Gasteiger partial charge in [0.25, 0.3) is 5.91 Å². The van der Waals surface area contributed by atoms with E-state index in [0.29, 0.717) is 34.7 Å². The standard InChI is InChI=1S/C22H29BrN2O4/c1-3-11-29-21-17(23)13-16(14-20(21)27-2)22(26)24-15-18(19-8-7-12-28-19)25-9-5-4-6-10-25/h7-8,12-14,18H,3-6,9-11,15H2,1-2H3,(H,24,26). The lowest BCUT2D eigenvalue weighted by Gasteiger charge is -2.33. The fourth-order valence-electron chi connectivity index (χ4n) is 3.61. The van der Waals surface area contributed by atoms with Crippen molar-refractivity contribution in [2.24, 2.45) is 0 Å². The van der Waals surface area contributed by atoms with Crippen LogP contribution >= 0.6 is 15.9 Å². The monoisotopic (exact) mass is 464 g/mol. The molecular formula is C22H29BrN2O4. The summed E-state index contributed by atoms with van der Waals surface area (Å²) in [5.74, 6) is 1.89. The molecule has 0 saturated carbocycles. The van der Waals surface area contributed by atoms with E-state index in [2.05, 4.69) is 26.1 Å². The van der Waals surface area contributed by atoms with Crippen molar-refractivity contribution in [1.29, 1.82) is 0 Å². The van der Waals surface area contributed by atoms with E-state index in [1.54, 1.807) is 25.5 Å². The average Bonchev–Trinajstić information content (AvgIpc) is 3.27. The SMILES string of the molecule is CCCOc1c(Br)cc(C(=O)NCC(c2ccco2)N2CCCCC2)cc1OC. The molecule has 1 atom stereocenters. The third-order valence-electron chi connectivity index (χ3n) is 5.10.